The molecule has 2 rings (SSSR count). The van der Waals surface area contributed by atoms with Crippen LogP contribution in [0.4, 0.5) is 5.69 Å². The molecule has 0 saturated carbocycles. The van der Waals surface area contributed by atoms with Crippen LogP contribution in [0.15, 0.2) is 53.4 Å². The number of rotatable bonds is 8. The van der Waals surface area contributed by atoms with Gasteiger partial charge in [0, 0.05) is 19.2 Å². The van der Waals surface area contributed by atoms with Crippen LogP contribution in [0.5, 0.6) is 5.75 Å². The predicted molar refractivity (Wildman–Crippen MR) is 98.0 cm³/mol. The predicted octanol–water partition coefficient (Wildman–Crippen LogP) is 1.24. The van der Waals surface area contributed by atoms with Crippen molar-refractivity contribution in [2.24, 2.45) is 0 Å². The molecule has 0 saturated heterocycles. The molecule has 0 aliphatic carbocycles. The van der Waals surface area contributed by atoms with E-state index in [2.05, 4.69) is 10.0 Å². The molecular formula is C17H19N3O6S. The SMILES string of the molecule is CNC(=O)[C@H](Cc1ccc([N+](=O)[O-])cc1)NS(=O)(=O)c1ccc(OC)cc1. The lowest BCUT2D eigenvalue weighted by Crippen LogP contribution is -2.46. The molecule has 2 aromatic rings. The van der Waals surface area contributed by atoms with E-state index in [1.807, 2.05) is 0 Å². The first kappa shape index (κ1) is 20.3. The second kappa shape index (κ2) is 8.60. The first-order valence-corrected chi connectivity index (χ1v) is 9.36. The van der Waals surface area contributed by atoms with Gasteiger partial charge in [0.2, 0.25) is 15.9 Å². The number of carbonyl (C=O) groups is 1. The van der Waals surface area contributed by atoms with E-state index in [1.54, 1.807) is 0 Å². The van der Waals surface area contributed by atoms with E-state index in [9.17, 15) is 23.3 Å². The third kappa shape index (κ3) is 5.25. The minimum absolute atomic E-state index is 0.0131. The highest BCUT2D eigenvalue weighted by Gasteiger charge is 2.25. The van der Waals surface area contributed by atoms with Crippen LogP contribution in [0.3, 0.4) is 0 Å². The van der Waals surface area contributed by atoms with Crippen molar-refractivity contribution in [3.63, 3.8) is 0 Å². The lowest BCUT2D eigenvalue weighted by atomic mass is 10.1. The maximum Gasteiger partial charge on any atom is 0.269 e. The Balaban J connectivity index is 2.22. The summed E-state index contributed by atoms with van der Waals surface area (Å²) in [5.74, 6) is -0.0203. The summed E-state index contributed by atoms with van der Waals surface area (Å²) >= 11 is 0. The molecule has 0 aromatic heterocycles. The van der Waals surface area contributed by atoms with Crippen molar-refractivity contribution >= 4 is 21.6 Å². The number of methoxy groups -OCH3 is 1. The van der Waals surface area contributed by atoms with Crippen molar-refractivity contribution in [3.8, 4) is 5.75 Å². The smallest absolute Gasteiger partial charge is 0.269 e. The molecule has 1 atom stereocenters. The fraction of sp³-hybridized carbons (Fsp3) is 0.235. The Hall–Kier alpha value is -2.98. The number of sulfonamides is 1. The summed E-state index contributed by atoms with van der Waals surface area (Å²) in [6, 6.07) is 10.2. The molecule has 2 aromatic carbocycles. The maximum atomic E-state index is 12.6. The number of nitrogens with one attached hydrogen (secondary N) is 2. The zero-order chi connectivity index (χ0) is 20.0. The van der Waals surface area contributed by atoms with E-state index in [0.717, 1.165) is 0 Å². The average Bonchev–Trinajstić information content (AvgIpc) is 2.67. The fourth-order valence-corrected chi connectivity index (χ4v) is 3.56. The van der Waals surface area contributed by atoms with Gasteiger partial charge in [0.05, 0.1) is 16.9 Å². The number of likely N-dealkylation sites (N-methyl/N-ethyl adjacent to an activating group) is 1. The summed E-state index contributed by atoms with van der Waals surface area (Å²) in [4.78, 5) is 22.3. The Morgan fingerprint density at radius 1 is 1.15 bits per heavy atom. The van der Waals surface area contributed by atoms with Gasteiger partial charge in [0.25, 0.3) is 5.69 Å². The average molecular weight is 393 g/mol. The lowest BCUT2D eigenvalue weighted by molar-refractivity contribution is -0.384. The van der Waals surface area contributed by atoms with Gasteiger partial charge in [-0.2, -0.15) is 4.72 Å². The molecule has 0 radical (unpaired) electrons. The normalized spacial score (nSPS) is 12.2. The Kier molecular flexibility index (Phi) is 6.48. The van der Waals surface area contributed by atoms with E-state index < -0.39 is 26.9 Å². The zero-order valence-electron chi connectivity index (χ0n) is 14.7. The van der Waals surface area contributed by atoms with Crippen LogP contribution < -0.4 is 14.8 Å². The zero-order valence-corrected chi connectivity index (χ0v) is 15.5. The number of amides is 1. The summed E-state index contributed by atoms with van der Waals surface area (Å²) in [5, 5.41) is 13.1. The van der Waals surface area contributed by atoms with Crippen LogP contribution >= 0.6 is 0 Å². The third-order valence-corrected chi connectivity index (χ3v) is 5.30. The van der Waals surface area contributed by atoms with Crippen LogP contribution in [0.25, 0.3) is 0 Å². The Bertz CT molecular complexity index is 911. The lowest BCUT2D eigenvalue weighted by Gasteiger charge is -2.17. The Labute approximate surface area is 156 Å². The minimum atomic E-state index is -3.96. The van der Waals surface area contributed by atoms with Crippen LogP contribution in [0.1, 0.15) is 5.56 Å². The van der Waals surface area contributed by atoms with Crippen molar-refractivity contribution in [2.75, 3.05) is 14.2 Å². The van der Waals surface area contributed by atoms with E-state index in [0.29, 0.717) is 11.3 Å². The van der Waals surface area contributed by atoms with Gasteiger partial charge in [-0.05, 0) is 36.2 Å². The molecule has 144 valence electrons. The Morgan fingerprint density at radius 2 is 1.74 bits per heavy atom. The number of nitro benzene ring substituents is 1. The van der Waals surface area contributed by atoms with Crippen LogP contribution in [-0.2, 0) is 21.2 Å². The second-order valence-corrected chi connectivity index (χ2v) is 7.31. The van der Waals surface area contributed by atoms with Gasteiger partial charge in [-0.25, -0.2) is 8.42 Å². The standard InChI is InChI=1S/C17H19N3O6S/c1-18-17(21)16(11-12-3-5-13(6-4-12)20(22)23)19-27(24,25)15-9-7-14(26-2)8-10-15/h3-10,16,19H,11H2,1-2H3,(H,18,21)/t16-/m0/s1. The minimum Gasteiger partial charge on any atom is -0.497 e. The largest absolute Gasteiger partial charge is 0.497 e. The van der Waals surface area contributed by atoms with Gasteiger partial charge in [-0.3, -0.25) is 14.9 Å². The van der Waals surface area contributed by atoms with E-state index in [1.165, 1.54) is 62.7 Å². The van der Waals surface area contributed by atoms with Crippen molar-refractivity contribution < 1.29 is 22.9 Å². The van der Waals surface area contributed by atoms with Gasteiger partial charge in [-0.15, -0.1) is 0 Å². The first-order chi connectivity index (χ1) is 12.8. The summed E-state index contributed by atoms with van der Waals surface area (Å²) < 4.78 is 32.5. The number of nitrogens with zero attached hydrogens (tertiary/aromatic N) is 1. The number of hydrogen-bond donors (Lipinski definition) is 2. The quantitative estimate of drug-likeness (QED) is 0.513. The summed E-state index contributed by atoms with van der Waals surface area (Å²) in [7, 11) is -1.09. The molecule has 0 aliphatic heterocycles. The maximum absolute atomic E-state index is 12.6. The highest BCUT2D eigenvalue weighted by molar-refractivity contribution is 7.89. The number of benzene rings is 2. The molecule has 27 heavy (non-hydrogen) atoms. The van der Waals surface area contributed by atoms with Crippen molar-refractivity contribution in [2.45, 2.75) is 17.4 Å². The monoisotopic (exact) mass is 393 g/mol. The molecule has 2 N–H and O–H groups in total. The van der Waals surface area contributed by atoms with Gasteiger partial charge < -0.3 is 10.1 Å². The fourth-order valence-electron chi connectivity index (χ4n) is 2.36. The van der Waals surface area contributed by atoms with Crippen molar-refractivity contribution in [1.29, 1.82) is 0 Å². The van der Waals surface area contributed by atoms with E-state index >= 15 is 0 Å². The number of non-ortho nitro benzene ring substituents is 1. The van der Waals surface area contributed by atoms with Crippen LogP contribution in [-0.4, -0.2) is 39.4 Å². The van der Waals surface area contributed by atoms with Gasteiger partial charge in [0.15, 0.2) is 0 Å². The van der Waals surface area contributed by atoms with E-state index in [4.69, 9.17) is 4.74 Å². The molecule has 0 bridgehead atoms. The van der Waals surface area contributed by atoms with E-state index in [-0.39, 0.29) is 17.0 Å². The molecule has 0 spiro atoms. The van der Waals surface area contributed by atoms with Gasteiger partial charge in [0.1, 0.15) is 11.8 Å². The van der Waals surface area contributed by atoms with Crippen LogP contribution in [0, 0.1) is 10.1 Å². The van der Waals surface area contributed by atoms with Crippen LogP contribution in [0.2, 0.25) is 0 Å². The number of hydrogen-bond acceptors (Lipinski definition) is 6. The molecule has 0 unspecified atom stereocenters. The molecule has 0 aliphatic rings. The van der Waals surface area contributed by atoms with Crippen molar-refractivity contribution in [3.05, 3.63) is 64.2 Å². The molecular weight excluding hydrogens is 374 g/mol. The Morgan fingerprint density at radius 3 is 2.22 bits per heavy atom. The van der Waals surface area contributed by atoms with Gasteiger partial charge in [-0.1, -0.05) is 12.1 Å². The molecule has 0 fully saturated rings. The summed E-state index contributed by atoms with van der Waals surface area (Å²) in [5.41, 5.74) is 0.487. The number of ether oxygens (including phenoxy) is 1. The summed E-state index contributed by atoms with van der Waals surface area (Å²) in [6.07, 6.45) is 0.0348. The number of carbonyl (C=O) groups excluding carboxylic acids is 1. The van der Waals surface area contributed by atoms with Gasteiger partial charge >= 0.3 is 0 Å². The highest BCUT2D eigenvalue weighted by atomic mass is 32.2. The number of nitro groups is 1. The van der Waals surface area contributed by atoms with Crippen molar-refractivity contribution in [1.82, 2.24) is 10.0 Å². The summed E-state index contributed by atoms with van der Waals surface area (Å²) in [6.45, 7) is 0. The topological polar surface area (TPSA) is 128 Å². The highest BCUT2D eigenvalue weighted by Crippen LogP contribution is 2.17. The molecule has 1 amide bonds. The molecule has 9 nitrogen and oxygen atoms in total. The first-order valence-electron chi connectivity index (χ1n) is 7.88. The third-order valence-electron chi connectivity index (χ3n) is 3.82. The molecule has 10 heteroatoms. The molecule has 0 heterocycles. The second-order valence-electron chi connectivity index (χ2n) is 5.59.